The van der Waals surface area contributed by atoms with Gasteiger partial charge in [-0.05, 0) is 31.6 Å². The fraction of sp³-hybridized carbons (Fsp3) is 0.500. The molecular formula is C12H20. The molecule has 1 unspecified atom stereocenters. The summed E-state index contributed by atoms with van der Waals surface area (Å²) in [7, 11) is 0. The summed E-state index contributed by atoms with van der Waals surface area (Å²) >= 11 is 0. The zero-order valence-corrected chi connectivity index (χ0v) is 8.13. The molecule has 0 saturated carbocycles. The molecule has 0 spiro atoms. The average molecular weight is 164 g/mol. The van der Waals surface area contributed by atoms with Crippen LogP contribution in [0, 0.1) is 5.92 Å². The Bertz CT molecular complexity index is 142. The van der Waals surface area contributed by atoms with Crippen LogP contribution in [0.2, 0.25) is 0 Å². The number of hydrogen-bond donors (Lipinski definition) is 0. The maximum Gasteiger partial charge on any atom is -0.0196 e. The van der Waals surface area contributed by atoms with Crippen LogP contribution in [0.25, 0.3) is 0 Å². The van der Waals surface area contributed by atoms with Crippen molar-refractivity contribution in [1.82, 2.24) is 0 Å². The van der Waals surface area contributed by atoms with Crippen molar-refractivity contribution in [2.45, 2.75) is 32.6 Å². The minimum absolute atomic E-state index is 0.667. The molecule has 0 heteroatoms. The molecule has 0 amide bonds. The molecule has 0 aromatic rings. The van der Waals surface area contributed by atoms with E-state index in [2.05, 4.69) is 32.2 Å². The molecule has 0 aliphatic heterocycles. The van der Waals surface area contributed by atoms with E-state index < -0.39 is 0 Å². The monoisotopic (exact) mass is 164 g/mol. The van der Waals surface area contributed by atoms with Crippen molar-refractivity contribution in [2.24, 2.45) is 5.92 Å². The molecule has 12 heavy (non-hydrogen) atoms. The van der Waals surface area contributed by atoms with Gasteiger partial charge in [-0.15, -0.1) is 13.2 Å². The van der Waals surface area contributed by atoms with E-state index in [1.165, 1.54) is 6.42 Å². The fourth-order valence-electron chi connectivity index (χ4n) is 1.17. The molecule has 68 valence electrons. The molecule has 0 aromatic heterocycles. The van der Waals surface area contributed by atoms with E-state index in [1.54, 1.807) is 0 Å². The van der Waals surface area contributed by atoms with Crippen LogP contribution in [-0.4, -0.2) is 0 Å². The zero-order chi connectivity index (χ0) is 9.23. The lowest BCUT2D eigenvalue weighted by molar-refractivity contribution is 0.606. The first-order valence-corrected chi connectivity index (χ1v) is 4.73. The van der Waals surface area contributed by atoms with Gasteiger partial charge < -0.3 is 0 Å². The van der Waals surface area contributed by atoms with Crippen LogP contribution >= 0.6 is 0 Å². The summed E-state index contributed by atoms with van der Waals surface area (Å²) in [5.74, 6) is 0.667. The summed E-state index contributed by atoms with van der Waals surface area (Å²) in [5, 5.41) is 0. The molecule has 0 radical (unpaired) electrons. The average Bonchev–Trinajstić information content (AvgIpc) is 2.10. The molecule has 0 fully saturated rings. The SMILES string of the molecule is C=CCCC(C=CCC)CC=C. The van der Waals surface area contributed by atoms with Gasteiger partial charge in [-0.2, -0.15) is 0 Å². The molecule has 0 N–H and O–H groups in total. The molecule has 0 aliphatic carbocycles. The first kappa shape index (κ1) is 11.2. The number of hydrogen-bond acceptors (Lipinski definition) is 0. The Morgan fingerprint density at radius 3 is 2.50 bits per heavy atom. The van der Waals surface area contributed by atoms with Crippen LogP contribution in [0.5, 0.6) is 0 Å². The van der Waals surface area contributed by atoms with Crippen molar-refractivity contribution >= 4 is 0 Å². The molecule has 0 aromatic carbocycles. The Balaban J connectivity index is 3.75. The maximum absolute atomic E-state index is 3.76. The summed E-state index contributed by atoms with van der Waals surface area (Å²) in [6.07, 6.45) is 13.0. The smallest absolute Gasteiger partial charge is 0.0196 e. The Hall–Kier alpha value is -0.780. The van der Waals surface area contributed by atoms with Crippen LogP contribution in [0.3, 0.4) is 0 Å². The van der Waals surface area contributed by atoms with E-state index in [9.17, 15) is 0 Å². The van der Waals surface area contributed by atoms with Crippen molar-refractivity contribution in [2.75, 3.05) is 0 Å². The molecule has 0 bridgehead atoms. The van der Waals surface area contributed by atoms with Crippen molar-refractivity contribution in [3.05, 3.63) is 37.5 Å². The Morgan fingerprint density at radius 2 is 2.00 bits per heavy atom. The van der Waals surface area contributed by atoms with Gasteiger partial charge >= 0.3 is 0 Å². The van der Waals surface area contributed by atoms with E-state index >= 15 is 0 Å². The second-order valence-electron chi connectivity index (χ2n) is 2.99. The third-order valence-corrected chi connectivity index (χ3v) is 1.85. The van der Waals surface area contributed by atoms with Gasteiger partial charge in [0.1, 0.15) is 0 Å². The maximum atomic E-state index is 3.76. The van der Waals surface area contributed by atoms with Gasteiger partial charge in [0.2, 0.25) is 0 Å². The number of rotatable bonds is 7. The van der Waals surface area contributed by atoms with Gasteiger partial charge in [0, 0.05) is 0 Å². The van der Waals surface area contributed by atoms with Crippen LogP contribution in [0.1, 0.15) is 32.6 Å². The van der Waals surface area contributed by atoms with E-state index in [0.29, 0.717) is 5.92 Å². The van der Waals surface area contributed by atoms with Gasteiger partial charge in [-0.1, -0.05) is 31.2 Å². The predicted molar refractivity (Wildman–Crippen MR) is 57.2 cm³/mol. The highest BCUT2D eigenvalue weighted by atomic mass is 14.0. The lowest BCUT2D eigenvalue weighted by atomic mass is 9.98. The van der Waals surface area contributed by atoms with Crippen molar-refractivity contribution in [1.29, 1.82) is 0 Å². The first-order chi connectivity index (χ1) is 5.85. The third kappa shape index (κ3) is 5.96. The molecule has 0 saturated heterocycles. The summed E-state index contributed by atoms with van der Waals surface area (Å²) < 4.78 is 0. The van der Waals surface area contributed by atoms with E-state index in [4.69, 9.17) is 0 Å². The lowest BCUT2D eigenvalue weighted by Crippen LogP contribution is -1.93. The highest BCUT2D eigenvalue weighted by molar-refractivity contribution is 4.91. The minimum Gasteiger partial charge on any atom is -0.103 e. The van der Waals surface area contributed by atoms with Crippen LogP contribution in [0.4, 0.5) is 0 Å². The molecule has 0 rings (SSSR count). The predicted octanol–water partition coefficient (Wildman–Crippen LogP) is 4.11. The molecule has 1 atom stereocenters. The summed E-state index contributed by atoms with van der Waals surface area (Å²) in [6, 6.07) is 0. The van der Waals surface area contributed by atoms with Crippen LogP contribution < -0.4 is 0 Å². The van der Waals surface area contributed by atoms with Crippen LogP contribution in [-0.2, 0) is 0 Å². The molecule has 0 nitrogen and oxygen atoms in total. The quantitative estimate of drug-likeness (QED) is 0.497. The number of allylic oxidation sites excluding steroid dienone is 4. The van der Waals surface area contributed by atoms with E-state index in [-0.39, 0.29) is 0 Å². The fourth-order valence-corrected chi connectivity index (χ4v) is 1.17. The first-order valence-electron chi connectivity index (χ1n) is 4.73. The Kier molecular flexibility index (Phi) is 7.78. The molecular weight excluding hydrogens is 144 g/mol. The van der Waals surface area contributed by atoms with Gasteiger partial charge in [0.05, 0.1) is 0 Å². The minimum atomic E-state index is 0.667. The lowest BCUT2D eigenvalue weighted by Gasteiger charge is -2.07. The summed E-state index contributed by atoms with van der Waals surface area (Å²) in [6.45, 7) is 9.64. The van der Waals surface area contributed by atoms with Gasteiger partial charge in [-0.3, -0.25) is 0 Å². The van der Waals surface area contributed by atoms with Crippen LogP contribution in [0.15, 0.2) is 37.5 Å². The van der Waals surface area contributed by atoms with Gasteiger partial charge in [0.15, 0.2) is 0 Å². The van der Waals surface area contributed by atoms with Crippen molar-refractivity contribution in [3.63, 3.8) is 0 Å². The highest BCUT2D eigenvalue weighted by Crippen LogP contribution is 2.13. The Labute approximate surface area is 76.7 Å². The van der Waals surface area contributed by atoms with Crippen molar-refractivity contribution < 1.29 is 0 Å². The summed E-state index contributed by atoms with van der Waals surface area (Å²) in [4.78, 5) is 0. The second kappa shape index (κ2) is 8.32. The standard InChI is InChI=1S/C12H20/c1-4-7-10-12(9-6-3)11-8-5-2/h4,6,8,11-12H,1,3,5,7,9-10H2,2H3. The van der Waals surface area contributed by atoms with Crippen molar-refractivity contribution in [3.8, 4) is 0 Å². The van der Waals surface area contributed by atoms with Gasteiger partial charge in [-0.25, -0.2) is 0 Å². The largest absolute Gasteiger partial charge is 0.103 e. The Morgan fingerprint density at radius 1 is 1.25 bits per heavy atom. The van der Waals surface area contributed by atoms with Gasteiger partial charge in [0.25, 0.3) is 0 Å². The van der Waals surface area contributed by atoms with E-state index in [0.717, 1.165) is 19.3 Å². The molecule has 0 aliphatic rings. The normalized spacial score (nSPS) is 13.1. The molecule has 0 heterocycles. The summed E-state index contributed by atoms with van der Waals surface area (Å²) in [5.41, 5.74) is 0. The topological polar surface area (TPSA) is 0 Å². The third-order valence-electron chi connectivity index (χ3n) is 1.85. The van der Waals surface area contributed by atoms with E-state index in [1.807, 2.05) is 12.2 Å². The zero-order valence-electron chi connectivity index (χ0n) is 8.13. The second-order valence-corrected chi connectivity index (χ2v) is 2.99. The highest BCUT2D eigenvalue weighted by Gasteiger charge is 1.99.